The van der Waals surface area contributed by atoms with E-state index < -0.39 is 5.60 Å². The molecule has 3 unspecified atom stereocenters. The van der Waals surface area contributed by atoms with Gasteiger partial charge in [0.15, 0.2) is 0 Å². The highest BCUT2D eigenvalue weighted by atomic mass is 16.3. The Balaban J connectivity index is 2.31. The average Bonchev–Trinajstić information content (AvgIpc) is 2.25. The van der Waals surface area contributed by atoms with Crippen LogP contribution >= 0.6 is 0 Å². The first-order chi connectivity index (χ1) is 7.13. The van der Waals surface area contributed by atoms with Gasteiger partial charge in [0.1, 0.15) is 0 Å². The lowest BCUT2D eigenvalue weighted by Gasteiger charge is -2.42. The van der Waals surface area contributed by atoms with Crippen LogP contribution in [-0.4, -0.2) is 17.7 Å². The monoisotopic (exact) mass is 205 g/mol. The van der Waals surface area contributed by atoms with Gasteiger partial charge in [0.25, 0.3) is 0 Å². The van der Waals surface area contributed by atoms with Crippen molar-refractivity contribution in [2.75, 3.05) is 6.54 Å². The Hall–Kier alpha value is -0.860. The van der Waals surface area contributed by atoms with E-state index >= 15 is 0 Å². The maximum absolute atomic E-state index is 10.7. The SMILES string of the molecule is CC1CC(O)(c2ccccc2)C(C)CN1. The molecule has 2 nitrogen and oxygen atoms in total. The minimum Gasteiger partial charge on any atom is -0.385 e. The zero-order chi connectivity index (χ0) is 10.9. The van der Waals surface area contributed by atoms with Gasteiger partial charge >= 0.3 is 0 Å². The normalized spacial score (nSPS) is 36.5. The molecule has 1 aliphatic rings. The molecule has 1 aromatic rings. The first-order valence-corrected chi connectivity index (χ1v) is 5.64. The fraction of sp³-hybridized carbons (Fsp3) is 0.538. The molecule has 0 saturated carbocycles. The smallest absolute Gasteiger partial charge is 0.0948 e. The summed E-state index contributed by atoms with van der Waals surface area (Å²) in [6.07, 6.45) is 0.790. The maximum atomic E-state index is 10.7. The highest BCUT2D eigenvalue weighted by molar-refractivity contribution is 5.24. The molecule has 1 saturated heterocycles. The van der Waals surface area contributed by atoms with Crippen molar-refractivity contribution in [2.24, 2.45) is 5.92 Å². The molecule has 15 heavy (non-hydrogen) atoms. The molecule has 0 bridgehead atoms. The zero-order valence-electron chi connectivity index (χ0n) is 9.40. The van der Waals surface area contributed by atoms with Gasteiger partial charge in [-0.1, -0.05) is 37.3 Å². The van der Waals surface area contributed by atoms with Crippen molar-refractivity contribution in [1.29, 1.82) is 0 Å². The van der Waals surface area contributed by atoms with Gasteiger partial charge < -0.3 is 10.4 Å². The van der Waals surface area contributed by atoms with Gasteiger partial charge in [-0.3, -0.25) is 0 Å². The quantitative estimate of drug-likeness (QED) is 0.734. The van der Waals surface area contributed by atoms with E-state index in [0.717, 1.165) is 18.5 Å². The van der Waals surface area contributed by atoms with E-state index in [2.05, 4.69) is 19.2 Å². The summed E-state index contributed by atoms with van der Waals surface area (Å²) >= 11 is 0. The van der Waals surface area contributed by atoms with Crippen LogP contribution in [0.4, 0.5) is 0 Å². The first kappa shape index (κ1) is 10.7. The van der Waals surface area contributed by atoms with E-state index in [1.54, 1.807) is 0 Å². The van der Waals surface area contributed by atoms with E-state index in [1.165, 1.54) is 0 Å². The summed E-state index contributed by atoms with van der Waals surface area (Å²) in [5.41, 5.74) is 0.386. The summed E-state index contributed by atoms with van der Waals surface area (Å²) in [6.45, 7) is 5.11. The number of piperidine rings is 1. The molecule has 2 N–H and O–H groups in total. The van der Waals surface area contributed by atoms with Gasteiger partial charge in [0, 0.05) is 18.5 Å². The van der Waals surface area contributed by atoms with Crippen molar-refractivity contribution >= 4 is 0 Å². The lowest BCUT2D eigenvalue weighted by atomic mass is 9.75. The van der Waals surface area contributed by atoms with Crippen LogP contribution in [0.1, 0.15) is 25.8 Å². The molecule has 1 fully saturated rings. The standard InChI is InChI=1S/C13H19NO/c1-10-9-14-11(2)8-13(10,15)12-6-4-3-5-7-12/h3-7,10-11,14-15H,8-9H2,1-2H3. The van der Waals surface area contributed by atoms with Crippen LogP contribution in [0, 0.1) is 5.92 Å². The molecule has 2 rings (SSSR count). The van der Waals surface area contributed by atoms with Gasteiger partial charge in [-0.2, -0.15) is 0 Å². The molecule has 82 valence electrons. The van der Waals surface area contributed by atoms with Crippen molar-refractivity contribution in [3.8, 4) is 0 Å². The van der Waals surface area contributed by atoms with Gasteiger partial charge in [0.05, 0.1) is 5.60 Å². The minimum absolute atomic E-state index is 0.260. The topological polar surface area (TPSA) is 32.3 Å². The molecule has 1 aliphatic heterocycles. The first-order valence-electron chi connectivity index (χ1n) is 5.64. The molecule has 0 spiro atoms. The number of aliphatic hydroxyl groups is 1. The predicted molar refractivity (Wildman–Crippen MR) is 61.6 cm³/mol. The molecule has 0 amide bonds. The van der Waals surface area contributed by atoms with Gasteiger partial charge in [0.2, 0.25) is 0 Å². The van der Waals surface area contributed by atoms with Crippen molar-refractivity contribution in [2.45, 2.75) is 31.9 Å². The van der Waals surface area contributed by atoms with E-state index in [0.29, 0.717) is 6.04 Å². The molecule has 1 aromatic carbocycles. The van der Waals surface area contributed by atoms with E-state index in [4.69, 9.17) is 0 Å². The molecule has 0 aliphatic carbocycles. The van der Waals surface area contributed by atoms with Crippen molar-refractivity contribution in [1.82, 2.24) is 5.32 Å². The molecule has 0 aromatic heterocycles. The molecule has 0 radical (unpaired) electrons. The lowest BCUT2D eigenvalue weighted by molar-refractivity contribution is -0.0507. The maximum Gasteiger partial charge on any atom is 0.0948 e. The van der Waals surface area contributed by atoms with Gasteiger partial charge in [-0.15, -0.1) is 0 Å². The van der Waals surface area contributed by atoms with Crippen LogP contribution in [0.3, 0.4) is 0 Å². The van der Waals surface area contributed by atoms with Crippen LogP contribution in [0.25, 0.3) is 0 Å². The Kier molecular flexibility index (Phi) is 2.81. The summed E-state index contributed by atoms with van der Waals surface area (Å²) in [5.74, 6) is 0.260. The largest absolute Gasteiger partial charge is 0.385 e. The Labute approximate surface area is 91.3 Å². The summed E-state index contributed by atoms with van der Waals surface area (Å²) < 4.78 is 0. The Morgan fingerprint density at radius 2 is 1.93 bits per heavy atom. The zero-order valence-corrected chi connectivity index (χ0v) is 9.40. The predicted octanol–water partition coefficient (Wildman–Crippen LogP) is 1.89. The second-order valence-electron chi connectivity index (χ2n) is 4.70. The number of rotatable bonds is 1. The molecular weight excluding hydrogens is 186 g/mol. The second kappa shape index (κ2) is 3.95. The Bertz CT molecular complexity index is 325. The molecular formula is C13H19NO. The van der Waals surface area contributed by atoms with Gasteiger partial charge in [-0.25, -0.2) is 0 Å². The molecule has 2 heteroatoms. The third-order valence-corrected chi connectivity index (χ3v) is 3.48. The number of hydrogen-bond donors (Lipinski definition) is 2. The summed E-state index contributed by atoms with van der Waals surface area (Å²) in [4.78, 5) is 0. The van der Waals surface area contributed by atoms with Crippen LogP contribution in [0.15, 0.2) is 30.3 Å². The fourth-order valence-corrected chi connectivity index (χ4v) is 2.42. The Morgan fingerprint density at radius 1 is 1.27 bits per heavy atom. The minimum atomic E-state index is -0.661. The fourth-order valence-electron chi connectivity index (χ4n) is 2.42. The third kappa shape index (κ3) is 1.92. The van der Waals surface area contributed by atoms with E-state index in [-0.39, 0.29) is 5.92 Å². The van der Waals surface area contributed by atoms with Crippen molar-refractivity contribution in [3.63, 3.8) is 0 Å². The van der Waals surface area contributed by atoms with Crippen LogP contribution in [0.2, 0.25) is 0 Å². The average molecular weight is 205 g/mol. The van der Waals surface area contributed by atoms with Gasteiger partial charge in [-0.05, 0) is 18.9 Å². The van der Waals surface area contributed by atoms with Crippen LogP contribution in [-0.2, 0) is 5.60 Å². The summed E-state index contributed by atoms with van der Waals surface area (Å²) in [7, 11) is 0. The van der Waals surface area contributed by atoms with E-state index in [9.17, 15) is 5.11 Å². The van der Waals surface area contributed by atoms with Crippen LogP contribution in [0.5, 0.6) is 0 Å². The van der Waals surface area contributed by atoms with Crippen LogP contribution < -0.4 is 5.32 Å². The molecule has 1 heterocycles. The number of benzene rings is 1. The highest BCUT2D eigenvalue weighted by Gasteiger charge is 2.39. The van der Waals surface area contributed by atoms with E-state index in [1.807, 2.05) is 30.3 Å². The number of nitrogens with one attached hydrogen (secondary N) is 1. The molecule has 3 atom stereocenters. The Morgan fingerprint density at radius 3 is 2.60 bits per heavy atom. The highest BCUT2D eigenvalue weighted by Crippen LogP contribution is 2.36. The summed E-state index contributed by atoms with van der Waals surface area (Å²) in [6, 6.07) is 10.4. The van der Waals surface area contributed by atoms with Crippen molar-refractivity contribution in [3.05, 3.63) is 35.9 Å². The van der Waals surface area contributed by atoms with Crippen molar-refractivity contribution < 1.29 is 5.11 Å². The number of hydrogen-bond acceptors (Lipinski definition) is 2. The second-order valence-corrected chi connectivity index (χ2v) is 4.70. The lowest BCUT2D eigenvalue weighted by Crippen LogP contribution is -2.50. The summed E-state index contributed by atoms with van der Waals surface area (Å²) in [5, 5.41) is 14.1. The third-order valence-electron chi connectivity index (χ3n) is 3.48.